The topological polar surface area (TPSA) is 63.4 Å². The molecule has 2 rings (SSSR count). The molecule has 0 atom stereocenters. The number of hydrogen-bond donors (Lipinski definition) is 1. The lowest BCUT2D eigenvalue weighted by Gasteiger charge is -2.30. The van der Waals surface area contributed by atoms with E-state index in [-0.39, 0.29) is 17.7 Å². The molecule has 1 heterocycles. The van der Waals surface area contributed by atoms with Gasteiger partial charge < -0.3 is 10.6 Å². The van der Waals surface area contributed by atoms with Gasteiger partial charge in [0.25, 0.3) is 0 Å². The molecule has 0 aliphatic carbocycles. The molecule has 108 valence electrons. The molecule has 0 aromatic heterocycles. The molecular weight excluding hydrogens is 272 g/mol. The first-order valence-corrected chi connectivity index (χ1v) is 8.01. The first kappa shape index (κ1) is 15.1. The quantitative estimate of drug-likeness (QED) is 0.836. The smallest absolute Gasteiger partial charge is 0.232 e. The number of likely N-dealkylation sites (tertiary alicyclic amines) is 1. The molecule has 20 heavy (non-hydrogen) atoms. The van der Waals surface area contributed by atoms with Gasteiger partial charge >= 0.3 is 0 Å². The number of nitrogens with zero attached hydrogens (tertiary/aromatic N) is 1. The second-order valence-electron chi connectivity index (χ2n) is 5.00. The number of thioether (sulfide) groups is 1. The van der Waals surface area contributed by atoms with Gasteiger partial charge in [-0.3, -0.25) is 9.59 Å². The summed E-state index contributed by atoms with van der Waals surface area (Å²) in [5.41, 5.74) is 6.52. The molecule has 4 nitrogen and oxygen atoms in total. The van der Waals surface area contributed by atoms with Gasteiger partial charge in [0.05, 0.1) is 11.5 Å². The fourth-order valence-corrected chi connectivity index (χ4v) is 2.99. The second kappa shape index (κ2) is 7.45. The number of carbonyl (C=O) groups is 2. The standard InChI is InChI=1S/C15H20N2O2S/c16-13-6-8-17(9-7-13)15(19)11-20-10-14(18)12-4-2-1-3-5-12/h1-5,13H,6-11,16H2. The van der Waals surface area contributed by atoms with Crippen LogP contribution in [0.2, 0.25) is 0 Å². The maximum atomic E-state index is 12.0. The normalized spacial score (nSPS) is 16.1. The van der Waals surface area contributed by atoms with Gasteiger partial charge in [-0.25, -0.2) is 0 Å². The Balaban J connectivity index is 1.70. The van der Waals surface area contributed by atoms with Crippen molar-refractivity contribution in [2.45, 2.75) is 18.9 Å². The van der Waals surface area contributed by atoms with E-state index >= 15 is 0 Å². The molecule has 0 bridgehead atoms. The Kier molecular flexibility index (Phi) is 5.61. The summed E-state index contributed by atoms with van der Waals surface area (Å²) < 4.78 is 0. The minimum atomic E-state index is 0.0732. The maximum absolute atomic E-state index is 12.0. The van der Waals surface area contributed by atoms with Crippen LogP contribution in [0.1, 0.15) is 23.2 Å². The van der Waals surface area contributed by atoms with Crippen molar-refractivity contribution in [2.24, 2.45) is 5.73 Å². The number of benzene rings is 1. The highest BCUT2D eigenvalue weighted by Crippen LogP contribution is 2.12. The zero-order valence-corrected chi connectivity index (χ0v) is 12.3. The zero-order valence-electron chi connectivity index (χ0n) is 11.5. The molecule has 0 radical (unpaired) electrons. The Labute approximate surface area is 123 Å². The number of rotatable bonds is 5. The summed E-state index contributed by atoms with van der Waals surface area (Å²) in [5.74, 6) is 0.906. The van der Waals surface area contributed by atoms with Crippen LogP contribution in [0.15, 0.2) is 30.3 Å². The summed E-state index contributed by atoms with van der Waals surface area (Å²) >= 11 is 1.39. The molecule has 1 aromatic rings. The van der Waals surface area contributed by atoms with Crippen molar-refractivity contribution in [3.05, 3.63) is 35.9 Å². The number of Topliss-reactive ketones (excluding diaryl/α,β-unsaturated/α-hetero) is 1. The molecule has 1 aromatic carbocycles. The number of piperidine rings is 1. The van der Waals surface area contributed by atoms with Crippen LogP contribution in [0.25, 0.3) is 0 Å². The molecule has 5 heteroatoms. The molecule has 1 saturated heterocycles. The van der Waals surface area contributed by atoms with E-state index in [1.807, 2.05) is 23.1 Å². The van der Waals surface area contributed by atoms with E-state index in [0.717, 1.165) is 25.9 Å². The van der Waals surface area contributed by atoms with Crippen LogP contribution in [0.3, 0.4) is 0 Å². The van der Waals surface area contributed by atoms with Crippen molar-refractivity contribution < 1.29 is 9.59 Å². The number of amides is 1. The molecule has 1 aliphatic heterocycles. The van der Waals surface area contributed by atoms with Crippen molar-refractivity contribution in [1.29, 1.82) is 0 Å². The van der Waals surface area contributed by atoms with E-state index < -0.39 is 0 Å². The highest BCUT2D eigenvalue weighted by Gasteiger charge is 2.20. The summed E-state index contributed by atoms with van der Waals surface area (Å²) in [4.78, 5) is 25.7. The van der Waals surface area contributed by atoms with Gasteiger partial charge in [-0.15, -0.1) is 11.8 Å². The van der Waals surface area contributed by atoms with Crippen LogP contribution in [0.5, 0.6) is 0 Å². The number of ketones is 1. The Morgan fingerprint density at radius 1 is 1.15 bits per heavy atom. The lowest BCUT2D eigenvalue weighted by atomic mass is 10.1. The van der Waals surface area contributed by atoms with Crippen molar-refractivity contribution >= 4 is 23.5 Å². The minimum absolute atomic E-state index is 0.0732. The molecule has 1 amide bonds. The summed E-state index contributed by atoms with van der Waals surface area (Å²) in [6.45, 7) is 1.49. The van der Waals surface area contributed by atoms with E-state index in [1.165, 1.54) is 11.8 Å². The molecule has 1 aliphatic rings. The van der Waals surface area contributed by atoms with E-state index in [1.54, 1.807) is 12.1 Å². The Hall–Kier alpha value is -1.33. The third kappa shape index (κ3) is 4.35. The highest BCUT2D eigenvalue weighted by atomic mass is 32.2. The first-order chi connectivity index (χ1) is 9.66. The van der Waals surface area contributed by atoms with Crippen LogP contribution in [0.4, 0.5) is 0 Å². The van der Waals surface area contributed by atoms with Crippen LogP contribution >= 0.6 is 11.8 Å². The van der Waals surface area contributed by atoms with Gasteiger partial charge in [-0.2, -0.15) is 0 Å². The average Bonchev–Trinajstić information content (AvgIpc) is 2.48. The molecule has 0 unspecified atom stereocenters. The van der Waals surface area contributed by atoms with Gasteiger partial charge in [0.15, 0.2) is 5.78 Å². The fourth-order valence-electron chi connectivity index (χ4n) is 2.18. The Morgan fingerprint density at radius 3 is 2.45 bits per heavy atom. The summed E-state index contributed by atoms with van der Waals surface area (Å²) in [7, 11) is 0. The minimum Gasteiger partial charge on any atom is -0.342 e. The Bertz CT molecular complexity index is 456. The predicted molar refractivity (Wildman–Crippen MR) is 81.9 cm³/mol. The predicted octanol–water partition coefficient (Wildman–Crippen LogP) is 1.55. The van der Waals surface area contributed by atoms with Crippen LogP contribution < -0.4 is 5.73 Å². The van der Waals surface area contributed by atoms with Crippen LogP contribution in [0, 0.1) is 0 Å². The second-order valence-corrected chi connectivity index (χ2v) is 5.99. The van der Waals surface area contributed by atoms with Crippen molar-refractivity contribution in [1.82, 2.24) is 4.90 Å². The van der Waals surface area contributed by atoms with Crippen LogP contribution in [-0.4, -0.2) is 47.2 Å². The third-order valence-electron chi connectivity index (χ3n) is 3.45. The largest absolute Gasteiger partial charge is 0.342 e. The van der Waals surface area contributed by atoms with Gasteiger partial charge in [0.1, 0.15) is 0 Å². The average molecular weight is 292 g/mol. The SMILES string of the molecule is NC1CCN(C(=O)CSCC(=O)c2ccccc2)CC1. The van der Waals surface area contributed by atoms with Gasteiger partial charge in [0.2, 0.25) is 5.91 Å². The van der Waals surface area contributed by atoms with Crippen LogP contribution in [-0.2, 0) is 4.79 Å². The Morgan fingerprint density at radius 2 is 1.80 bits per heavy atom. The van der Waals surface area contributed by atoms with E-state index in [4.69, 9.17) is 5.73 Å². The summed E-state index contributed by atoms with van der Waals surface area (Å²) in [6, 6.07) is 9.41. The number of hydrogen-bond acceptors (Lipinski definition) is 4. The van der Waals surface area contributed by atoms with Gasteiger partial charge in [-0.1, -0.05) is 30.3 Å². The lowest BCUT2D eigenvalue weighted by Crippen LogP contribution is -2.43. The maximum Gasteiger partial charge on any atom is 0.232 e. The highest BCUT2D eigenvalue weighted by molar-refractivity contribution is 8.00. The monoisotopic (exact) mass is 292 g/mol. The van der Waals surface area contributed by atoms with Gasteiger partial charge in [-0.05, 0) is 12.8 Å². The molecule has 0 spiro atoms. The summed E-state index contributed by atoms with van der Waals surface area (Å²) in [6.07, 6.45) is 1.75. The number of carbonyl (C=O) groups excluding carboxylic acids is 2. The van der Waals surface area contributed by atoms with E-state index in [9.17, 15) is 9.59 Å². The molecular formula is C15H20N2O2S. The van der Waals surface area contributed by atoms with Crippen molar-refractivity contribution in [2.75, 3.05) is 24.6 Å². The fraction of sp³-hybridized carbons (Fsp3) is 0.467. The van der Waals surface area contributed by atoms with Gasteiger partial charge in [0, 0.05) is 24.7 Å². The third-order valence-corrected chi connectivity index (χ3v) is 4.36. The first-order valence-electron chi connectivity index (χ1n) is 6.86. The molecule has 0 saturated carbocycles. The lowest BCUT2D eigenvalue weighted by molar-refractivity contribution is -0.129. The van der Waals surface area contributed by atoms with E-state index in [0.29, 0.717) is 17.1 Å². The van der Waals surface area contributed by atoms with E-state index in [2.05, 4.69) is 0 Å². The van der Waals surface area contributed by atoms with Crippen molar-refractivity contribution in [3.8, 4) is 0 Å². The molecule has 2 N–H and O–H groups in total. The zero-order chi connectivity index (χ0) is 14.4. The summed E-state index contributed by atoms with van der Waals surface area (Å²) in [5, 5.41) is 0. The number of nitrogens with two attached hydrogens (primary N) is 1. The molecule has 1 fully saturated rings. The van der Waals surface area contributed by atoms with Crippen molar-refractivity contribution in [3.63, 3.8) is 0 Å².